The van der Waals surface area contributed by atoms with Crippen molar-refractivity contribution < 1.29 is 4.79 Å². The van der Waals surface area contributed by atoms with Gasteiger partial charge in [-0.15, -0.1) is 11.3 Å². The Balaban J connectivity index is 1.41. The summed E-state index contributed by atoms with van der Waals surface area (Å²) in [6, 6.07) is 10.8. The number of rotatable bonds is 6. The molecule has 4 rings (SSSR count). The van der Waals surface area contributed by atoms with Crippen molar-refractivity contribution in [1.29, 1.82) is 0 Å². The van der Waals surface area contributed by atoms with Gasteiger partial charge in [-0.05, 0) is 18.9 Å². The van der Waals surface area contributed by atoms with Gasteiger partial charge in [0.15, 0.2) is 0 Å². The molecule has 1 amide bonds. The van der Waals surface area contributed by atoms with Gasteiger partial charge < -0.3 is 5.32 Å². The van der Waals surface area contributed by atoms with Crippen LogP contribution in [0.5, 0.6) is 0 Å². The van der Waals surface area contributed by atoms with E-state index in [9.17, 15) is 4.79 Å². The molecule has 1 aliphatic heterocycles. The highest BCUT2D eigenvalue weighted by Gasteiger charge is 2.27. The van der Waals surface area contributed by atoms with Crippen LogP contribution in [0.4, 0.5) is 5.82 Å². The highest BCUT2D eigenvalue weighted by Crippen LogP contribution is 2.27. The van der Waals surface area contributed by atoms with E-state index in [0.717, 1.165) is 43.1 Å². The summed E-state index contributed by atoms with van der Waals surface area (Å²) in [4.78, 5) is 19.0. The number of aromatic nitrogens is 3. The lowest BCUT2D eigenvalue weighted by Gasteiger charge is -2.18. The van der Waals surface area contributed by atoms with Gasteiger partial charge in [0, 0.05) is 30.6 Å². The average Bonchev–Trinajstić information content (AvgIpc) is 3.40. The lowest BCUT2D eigenvalue weighted by atomic mass is 10.2. The van der Waals surface area contributed by atoms with Crippen molar-refractivity contribution in [3.8, 4) is 0 Å². The highest BCUT2D eigenvalue weighted by molar-refractivity contribution is 7.07. The Hall–Kier alpha value is -2.51. The maximum Gasteiger partial charge on any atom is 0.231 e. The summed E-state index contributed by atoms with van der Waals surface area (Å²) in [5.74, 6) is 0.756. The number of benzene rings is 1. The molecule has 3 aromatic rings. The average molecular weight is 382 g/mol. The van der Waals surface area contributed by atoms with E-state index < -0.39 is 0 Å². The molecule has 0 radical (unpaired) electrons. The number of aryl methyl sites for hydroxylation is 1. The molecule has 0 spiro atoms. The van der Waals surface area contributed by atoms with Gasteiger partial charge in [-0.1, -0.05) is 30.3 Å². The van der Waals surface area contributed by atoms with Gasteiger partial charge >= 0.3 is 0 Å². The monoisotopic (exact) mass is 381 g/mol. The smallest absolute Gasteiger partial charge is 0.231 e. The van der Waals surface area contributed by atoms with E-state index in [1.807, 2.05) is 29.2 Å². The number of likely N-dealkylation sites (tertiary alicyclic amines) is 1. The van der Waals surface area contributed by atoms with Crippen LogP contribution in [0.1, 0.15) is 29.3 Å². The lowest BCUT2D eigenvalue weighted by Crippen LogP contribution is -2.24. The zero-order chi connectivity index (χ0) is 18.6. The largest absolute Gasteiger partial charge is 0.310 e. The molecule has 1 aliphatic rings. The lowest BCUT2D eigenvalue weighted by molar-refractivity contribution is -0.115. The van der Waals surface area contributed by atoms with E-state index in [1.54, 1.807) is 5.51 Å². The highest BCUT2D eigenvalue weighted by atomic mass is 32.1. The quantitative estimate of drug-likeness (QED) is 0.712. The first-order valence-electron chi connectivity index (χ1n) is 9.16. The van der Waals surface area contributed by atoms with Gasteiger partial charge in [-0.25, -0.2) is 9.67 Å². The molecule has 6 nitrogen and oxygen atoms in total. The SMILES string of the molecule is Cc1cnn(C2CCN(Cc3ccccc3)C2)c1NC(=O)Cc1cscn1. The van der Waals surface area contributed by atoms with Crippen LogP contribution in [-0.2, 0) is 17.8 Å². The third kappa shape index (κ3) is 4.26. The molecular formula is C20H23N5OS. The fraction of sp³-hybridized carbons (Fsp3) is 0.350. The molecule has 1 atom stereocenters. The molecule has 1 saturated heterocycles. The van der Waals surface area contributed by atoms with Gasteiger partial charge in [-0.3, -0.25) is 9.69 Å². The van der Waals surface area contributed by atoms with Crippen LogP contribution in [0.25, 0.3) is 0 Å². The summed E-state index contributed by atoms with van der Waals surface area (Å²) in [7, 11) is 0. The molecule has 1 N–H and O–H groups in total. The third-order valence-corrected chi connectivity index (χ3v) is 5.54. The molecule has 0 saturated carbocycles. The van der Waals surface area contributed by atoms with Crippen molar-refractivity contribution in [2.24, 2.45) is 0 Å². The number of thiazole rings is 1. The first-order valence-corrected chi connectivity index (χ1v) is 10.1. The van der Waals surface area contributed by atoms with Crippen molar-refractivity contribution in [3.05, 3.63) is 64.2 Å². The molecule has 1 unspecified atom stereocenters. The Morgan fingerprint density at radius 3 is 2.96 bits per heavy atom. The second-order valence-electron chi connectivity index (χ2n) is 6.99. The first kappa shape index (κ1) is 17.9. The standard InChI is InChI=1S/C20H23N5OS/c1-15-10-22-25(20(15)23-19(26)9-17-13-27-14-21-17)18-7-8-24(12-18)11-16-5-3-2-4-6-16/h2-6,10,13-14,18H,7-9,11-12H2,1H3,(H,23,26). The molecule has 0 aliphatic carbocycles. The van der Waals surface area contributed by atoms with E-state index >= 15 is 0 Å². The summed E-state index contributed by atoms with van der Waals surface area (Å²) in [6.07, 6.45) is 3.15. The van der Waals surface area contributed by atoms with Gasteiger partial charge in [-0.2, -0.15) is 5.10 Å². The first-order chi connectivity index (χ1) is 13.2. The zero-order valence-electron chi connectivity index (χ0n) is 15.3. The summed E-state index contributed by atoms with van der Waals surface area (Å²) in [6.45, 7) is 4.90. The van der Waals surface area contributed by atoms with Crippen LogP contribution >= 0.6 is 11.3 Å². The molecule has 2 aromatic heterocycles. The van der Waals surface area contributed by atoms with Crippen LogP contribution in [0.3, 0.4) is 0 Å². The number of anilines is 1. The molecule has 3 heterocycles. The van der Waals surface area contributed by atoms with E-state index in [0.29, 0.717) is 6.42 Å². The van der Waals surface area contributed by atoms with Gasteiger partial charge in [0.2, 0.25) is 5.91 Å². The normalized spacial score (nSPS) is 17.3. The predicted molar refractivity (Wildman–Crippen MR) is 107 cm³/mol. The number of nitrogens with zero attached hydrogens (tertiary/aromatic N) is 4. The Morgan fingerprint density at radius 2 is 2.19 bits per heavy atom. The molecule has 140 valence electrons. The molecule has 1 fully saturated rings. The molecule has 1 aromatic carbocycles. The summed E-state index contributed by atoms with van der Waals surface area (Å²) >= 11 is 1.50. The topological polar surface area (TPSA) is 63.1 Å². The Bertz CT molecular complexity index is 891. The van der Waals surface area contributed by atoms with E-state index in [1.165, 1.54) is 16.9 Å². The van der Waals surface area contributed by atoms with Crippen LogP contribution in [0, 0.1) is 6.92 Å². The van der Waals surface area contributed by atoms with Gasteiger partial charge in [0.1, 0.15) is 5.82 Å². The molecule has 7 heteroatoms. The zero-order valence-corrected chi connectivity index (χ0v) is 16.2. The molecule has 27 heavy (non-hydrogen) atoms. The van der Waals surface area contributed by atoms with Crippen LogP contribution in [0.15, 0.2) is 47.4 Å². The summed E-state index contributed by atoms with van der Waals surface area (Å²) < 4.78 is 1.99. The number of hydrogen-bond acceptors (Lipinski definition) is 5. The molecule has 0 bridgehead atoms. The predicted octanol–water partition coefficient (Wildman–Crippen LogP) is 3.28. The maximum absolute atomic E-state index is 12.4. The van der Waals surface area contributed by atoms with Gasteiger partial charge in [0.25, 0.3) is 0 Å². The Morgan fingerprint density at radius 1 is 1.33 bits per heavy atom. The third-order valence-electron chi connectivity index (χ3n) is 4.90. The number of carbonyl (C=O) groups is 1. The van der Waals surface area contributed by atoms with Crippen molar-refractivity contribution in [3.63, 3.8) is 0 Å². The minimum atomic E-state index is -0.0510. The summed E-state index contributed by atoms with van der Waals surface area (Å²) in [5.41, 5.74) is 4.86. The van der Waals surface area contributed by atoms with Crippen molar-refractivity contribution in [1.82, 2.24) is 19.7 Å². The van der Waals surface area contributed by atoms with Crippen molar-refractivity contribution in [2.75, 3.05) is 18.4 Å². The van der Waals surface area contributed by atoms with Crippen molar-refractivity contribution >= 4 is 23.1 Å². The van der Waals surface area contributed by atoms with Crippen LogP contribution in [-0.4, -0.2) is 38.7 Å². The van der Waals surface area contributed by atoms with Gasteiger partial charge in [0.05, 0.1) is 29.9 Å². The van der Waals surface area contributed by atoms with E-state index in [-0.39, 0.29) is 11.9 Å². The van der Waals surface area contributed by atoms with Crippen LogP contribution in [0.2, 0.25) is 0 Å². The van der Waals surface area contributed by atoms with E-state index in [2.05, 4.69) is 44.6 Å². The maximum atomic E-state index is 12.4. The Kier molecular flexibility index (Phi) is 5.31. The fourth-order valence-electron chi connectivity index (χ4n) is 3.54. The fourth-order valence-corrected chi connectivity index (χ4v) is 4.10. The number of nitrogens with one attached hydrogen (secondary N) is 1. The second-order valence-corrected chi connectivity index (χ2v) is 7.71. The van der Waals surface area contributed by atoms with Crippen LogP contribution < -0.4 is 5.32 Å². The Labute approximate surface area is 162 Å². The second kappa shape index (κ2) is 8.02. The minimum absolute atomic E-state index is 0.0510. The minimum Gasteiger partial charge on any atom is -0.310 e. The summed E-state index contributed by atoms with van der Waals surface area (Å²) in [5, 5.41) is 9.50. The van der Waals surface area contributed by atoms with Crippen molar-refractivity contribution in [2.45, 2.75) is 32.4 Å². The number of hydrogen-bond donors (Lipinski definition) is 1. The molecular weight excluding hydrogens is 358 g/mol. The van der Waals surface area contributed by atoms with E-state index in [4.69, 9.17) is 0 Å². The number of amides is 1. The number of carbonyl (C=O) groups excluding carboxylic acids is 1.